The van der Waals surface area contributed by atoms with Crippen molar-refractivity contribution < 1.29 is 0 Å². The van der Waals surface area contributed by atoms with Gasteiger partial charge in [-0.25, -0.2) is 0 Å². The number of rotatable bonds is 3. The largest absolute Gasteiger partial charge is 0.332 e. The van der Waals surface area contributed by atoms with Gasteiger partial charge in [0.05, 0.1) is 0 Å². The van der Waals surface area contributed by atoms with E-state index in [9.17, 15) is 0 Å². The lowest BCUT2D eigenvalue weighted by Gasteiger charge is -2.07. The minimum atomic E-state index is 0.516. The Kier molecular flexibility index (Phi) is 4.51. The van der Waals surface area contributed by atoms with Crippen molar-refractivity contribution in [3.05, 3.63) is 29.8 Å². The van der Waals surface area contributed by atoms with Gasteiger partial charge in [0.2, 0.25) is 5.13 Å². The summed E-state index contributed by atoms with van der Waals surface area (Å²) in [6, 6.07) is 8.02. The summed E-state index contributed by atoms with van der Waals surface area (Å²) in [5.41, 5.74) is 2.17. The minimum Gasteiger partial charge on any atom is -0.332 e. The molecule has 0 aliphatic carbocycles. The summed E-state index contributed by atoms with van der Waals surface area (Å²) in [5, 5.41) is 15.3. The molecule has 0 radical (unpaired) electrons. The van der Waals surface area contributed by atoms with E-state index in [1.807, 2.05) is 37.4 Å². The topological polar surface area (TPSA) is 49.8 Å². The Labute approximate surface area is 119 Å². The van der Waals surface area contributed by atoms with Crippen LogP contribution in [0.15, 0.2) is 28.6 Å². The van der Waals surface area contributed by atoms with Crippen LogP contribution in [0.3, 0.4) is 0 Å². The molecule has 0 fully saturated rings. The zero-order chi connectivity index (χ0) is 13.0. The Morgan fingerprint density at radius 3 is 2.56 bits per heavy atom. The van der Waals surface area contributed by atoms with Crippen molar-refractivity contribution in [2.45, 2.75) is 11.3 Å². The van der Waals surface area contributed by atoms with Crippen LogP contribution < -0.4 is 10.6 Å². The van der Waals surface area contributed by atoms with E-state index in [0.717, 1.165) is 10.0 Å². The fourth-order valence-corrected chi connectivity index (χ4v) is 2.69. The normalized spacial score (nSPS) is 10.1. The monoisotopic (exact) mass is 296 g/mol. The highest BCUT2D eigenvalue weighted by Gasteiger charge is 2.04. The van der Waals surface area contributed by atoms with Crippen LogP contribution in [0.5, 0.6) is 0 Å². The van der Waals surface area contributed by atoms with E-state index in [4.69, 9.17) is 12.2 Å². The molecule has 0 saturated carbocycles. The number of aryl methyl sites for hydroxylation is 1. The third-order valence-electron chi connectivity index (χ3n) is 2.11. The number of nitrogens with one attached hydrogen (secondary N) is 2. The van der Waals surface area contributed by atoms with Gasteiger partial charge in [-0.05, 0) is 37.5 Å². The Bertz CT molecular complexity index is 535. The molecule has 7 heteroatoms. The summed E-state index contributed by atoms with van der Waals surface area (Å²) in [6.45, 7) is 2.05. The first-order chi connectivity index (χ1) is 8.67. The molecule has 4 nitrogen and oxygen atoms in total. The summed E-state index contributed by atoms with van der Waals surface area (Å²) in [6.07, 6.45) is 1.97. The number of anilines is 2. The van der Waals surface area contributed by atoms with Gasteiger partial charge in [0.15, 0.2) is 9.45 Å². The fourth-order valence-electron chi connectivity index (χ4n) is 1.24. The molecule has 2 N–H and O–H groups in total. The molecule has 0 unspecified atom stereocenters. The highest BCUT2D eigenvalue weighted by molar-refractivity contribution is 8.00. The first-order valence-electron chi connectivity index (χ1n) is 5.19. The molecule has 0 aliphatic rings. The lowest BCUT2D eigenvalue weighted by molar-refractivity contribution is 1.02. The van der Waals surface area contributed by atoms with Crippen molar-refractivity contribution in [2.75, 3.05) is 16.9 Å². The second-order valence-corrected chi connectivity index (χ2v) is 5.96. The second kappa shape index (κ2) is 6.12. The third-order valence-corrected chi connectivity index (χ3v) is 4.13. The van der Waals surface area contributed by atoms with Gasteiger partial charge < -0.3 is 10.6 Å². The molecule has 0 aliphatic heterocycles. The lowest BCUT2D eigenvalue weighted by Crippen LogP contribution is -2.18. The number of aromatic nitrogens is 2. The molecule has 0 bridgehead atoms. The average Bonchev–Trinajstić information content (AvgIpc) is 2.79. The maximum atomic E-state index is 5.21. The van der Waals surface area contributed by atoms with Crippen molar-refractivity contribution in [3.63, 3.8) is 0 Å². The van der Waals surface area contributed by atoms with Crippen LogP contribution >= 0.6 is 35.3 Å². The Morgan fingerprint density at radius 1 is 1.22 bits per heavy atom. The maximum Gasteiger partial charge on any atom is 0.212 e. The van der Waals surface area contributed by atoms with Crippen molar-refractivity contribution in [2.24, 2.45) is 0 Å². The van der Waals surface area contributed by atoms with Crippen LogP contribution in [-0.2, 0) is 0 Å². The van der Waals surface area contributed by atoms with Gasteiger partial charge in [-0.1, -0.05) is 40.8 Å². The summed E-state index contributed by atoms with van der Waals surface area (Å²) in [4.78, 5) is 0. The van der Waals surface area contributed by atoms with Crippen LogP contribution in [-0.4, -0.2) is 21.6 Å². The van der Waals surface area contributed by atoms with Crippen LogP contribution in [0.4, 0.5) is 10.8 Å². The zero-order valence-electron chi connectivity index (χ0n) is 9.93. The van der Waals surface area contributed by atoms with E-state index in [2.05, 4.69) is 20.8 Å². The molecule has 1 aromatic carbocycles. The summed E-state index contributed by atoms with van der Waals surface area (Å²) < 4.78 is 0.913. The van der Waals surface area contributed by atoms with Gasteiger partial charge in [0, 0.05) is 5.69 Å². The van der Waals surface area contributed by atoms with Crippen LogP contribution in [0.2, 0.25) is 0 Å². The average molecular weight is 296 g/mol. The molecule has 2 rings (SSSR count). The van der Waals surface area contributed by atoms with Crippen LogP contribution in [0, 0.1) is 6.92 Å². The predicted octanol–water partition coefficient (Wildman–Crippen LogP) is 3.38. The molecule has 0 saturated heterocycles. The third kappa shape index (κ3) is 3.66. The lowest BCUT2D eigenvalue weighted by atomic mass is 10.2. The van der Waals surface area contributed by atoms with Crippen molar-refractivity contribution in [1.82, 2.24) is 10.2 Å². The van der Waals surface area contributed by atoms with E-state index >= 15 is 0 Å². The number of thiocarbonyl (C=S) groups is 1. The Hall–Kier alpha value is -1.18. The number of nitrogens with zero attached hydrogens (tertiary/aromatic N) is 2. The zero-order valence-corrected chi connectivity index (χ0v) is 12.4. The number of hydrogen-bond donors (Lipinski definition) is 2. The van der Waals surface area contributed by atoms with Gasteiger partial charge in [-0.3, -0.25) is 0 Å². The molecule has 1 heterocycles. The Balaban J connectivity index is 1.94. The fraction of sp³-hybridized carbons (Fsp3) is 0.182. The van der Waals surface area contributed by atoms with Crippen molar-refractivity contribution in [3.8, 4) is 0 Å². The molecular weight excluding hydrogens is 284 g/mol. The SMILES string of the molecule is CSc1nnc(NC(=S)Nc2ccc(C)cc2)s1. The first-order valence-corrected chi connectivity index (χ1v) is 7.64. The minimum absolute atomic E-state index is 0.516. The highest BCUT2D eigenvalue weighted by Crippen LogP contribution is 2.23. The Morgan fingerprint density at radius 2 is 1.94 bits per heavy atom. The van der Waals surface area contributed by atoms with Gasteiger partial charge in [-0.15, -0.1) is 10.2 Å². The summed E-state index contributed by atoms with van der Waals surface area (Å²) in [7, 11) is 0. The number of benzene rings is 1. The standard InChI is InChI=1S/C11H12N4S3/c1-7-3-5-8(6-4-7)12-9(16)13-10-14-15-11(17-2)18-10/h3-6H,1-2H3,(H2,12,13,14,16). The predicted molar refractivity (Wildman–Crippen MR) is 82.7 cm³/mol. The molecule has 2 aromatic rings. The quantitative estimate of drug-likeness (QED) is 0.669. The van der Waals surface area contributed by atoms with Gasteiger partial charge in [0.1, 0.15) is 0 Å². The summed E-state index contributed by atoms with van der Waals surface area (Å²) >= 11 is 8.25. The maximum absolute atomic E-state index is 5.21. The molecular formula is C11H12N4S3. The van der Waals surface area contributed by atoms with Gasteiger partial charge in [-0.2, -0.15) is 0 Å². The number of thioether (sulfide) groups is 1. The van der Waals surface area contributed by atoms with E-state index < -0.39 is 0 Å². The molecule has 0 spiro atoms. The summed E-state index contributed by atoms with van der Waals surface area (Å²) in [5.74, 6) is 0. The van der Waals surface area contributed by atoms with Crippen LogP contribution in [0.1, 0.15) is 5.56 Å². The number of hydrogen-bond acceptors (Lipinski definition) is 5. The molecule has 94 valence electrons. The van der Waals surface area contributed by atoms with Crippen molar-refractivity contribution >= 4 is 51.2 Å². The van der Waals surface area contributed by atoms with Gasteiger partial charge in [0.25, 0.3) is 0 Å². The van der Waals surface area contributed by atoms with E-state index in [-0.39, 0.29) is 0 Å². The smallest absolute Gasteiger partial charge is 0.212 e. The molecule has 18 heavy (non-hydrogen) atoms. The van der Waals surface area contributed by atoms with Gasteiger partial charge >= 0.3 is 0 Å². The molecule has 0 amide bonds. The second-order valence-electron chi connectivity index (χ2n) is 3.52. The highest BCUT2D eigenvalue weighted by atomic mass is 32.2. The molecule has 1 aromatic heterocycles. The van der Waals surface area contributed by atoms with Crippen molar-refractivity contribution in [1.29, 1.82) is 0 Å². The molecule has 0 atom stereocenters. The van der Waals surface area contributed by atoms with E-state index in [1.54, 1.807) is 11.8 Å². The van der Waals surface area contributed by atoms with E-state index in [1.165, 1.54) is 16.9 Å². The van der Waals surface area contributed by atoms with Crippen LogP contribution in [0.25, 0.3) is 0 Å². The van der Waals surface area contributed by atoms with E-state index in [0.29, 0.717) is 10.2 Å². The first kappa shape index (κ1) is 13.3.